The normalized spacial score (nSPS) is 13.3. The van der Waals surface area contributed by atoms with Crippen molar-refractivity contribution in [1.82, 2.24) is 0 Å². The average Bonchev–Trinajstić information content (AvgIpc) is 2.61. The lowest BCUT2D eigenvalue weighted by Crippen LogP contribution is -2.05. The molecule has 0 spiro atoms. The number of ether oxygens (including phenoxy) is 2. The Hall–Kier alpha value is -0.360. The van der Waals surface area contributed by atoms with Gasteiger partial charge in [-0.2, -0.15) is 0 Å². The summed E-state index contributed by atoms with van der Waals surface area (Å²) in [5, 5.41) is 1.30. The molecule has 2 atom stereocenters. The third kappa shape index (κ3) is 13.0. The van der Waals surface area contributed by atoms with Crippen LogP contribution >= 0.6 is 21.6 Å². The Bertz CT molecular complexity index is 305. The van der Waals surface area contributed by atoms with Crippen LogP contribution in [0.3, 0.4) is 0 Å². The molecular weight excluding hydrogens is 344 g/mol. The highest BCUT2D eigenvalue weighted by Crippen LogP contribution is 2.38. The Morgan fingerprint density at radius 3 is 1.42 bits per heavy atom. The molecule has 6 heteroatoms. The van der Waals surface area contributed by atoms with Gasteiger partial charge in [-0.25, -0.2) is 0 Å². The Morgan fingerprint density at radius 1 is 0.750 bits per heavy atom. The molecule has 0 amide bonds. The summed E-state index contributed by atoms with van der Waals surface area (Å²) in [6.45, 7) is 4.46. The molecule has 0 heterocycles. The van der Waals surface area contributed by atoms with E-state index in [9.17, 15) is 9.59 Å². The molecular formula is C18H34O4S2. The first kappa shape index (κ1) is 23.6. The second-order valence-electron chi connectivity index (χ2n) is 5.90. The van der Waals surface area contributed by atoms with Gasteiger partial charge in [-0.15, -0.1) is 0 Å². The molecule has 0 saturated carbocycles. The van der Waals surface area contributed by atoms with Crippen LogP contribution in [-0.4, -0.2) is 36.7 Å². The first-order valence-corrected chi connectivity index (χ1v) is 11.3. The summed E-state index contributed by atoms with van der Waals surface area (Å²) in [5.74, 6) is -0.217. The van der Waals surface area contributed by atoms with Gasteiger partial charge in [0.25, 0.3) is 0 Å². The van der Waals surface area contributed by atoms with E-state index >= 15 is 0 Å². The highest BCUT2D eigenvalue weighted by molar-refractivity contribution is 8.77. The van der Waals surface area contributed by atoms with Crippen molar-refractivity contribution in [1.29, 1.82) is 0 Å². The molecule has 0 aliphatic rings. The van der Waals surface area contributed by atoms with Crippen LogP contribution in [0.25, 0.3) is 0 Å². The number of hydrogen-bond acceptors (Lipinski definition) is 6. The minimum absolute atomic E-state index is 0.108. The molecule has 0 aromatic carbocycles. The van der Waals surface area contributed by atoms with Gasteiger partial charge in [0.2, 0.25) is 0 Å². The van der Waals surface area contributed by atoms with Crippen LogP contribution in [0.2, 0.25) is 0 Å². The van der Waals surface area contributed by atoms with Crippen LogP contribution in [0.1, 0.15) is 78.1 Å². The van der Waals surface area contributed by atoms with Crippen molar-refractivity contribution in [2.24, 2.45) is 0 Å². The summed E-state index contributed by atoms with van der Waals surface area (Å²) < 4.78 is 9.34. The maximum atomic E-state index is 11.1. The average molecular weight is 379 g/mol. The van der Waals surface area contributed by atoms with Crippen molar-refractivity contribution in [3.8, 4) is 0 Å². The minimum atomic E-state index is -0.108. The van der Waals surface area contributed by atoms with Crippen molar-refractivity contribution in [3.63, 3.8) is 0 Å². The fourth-order valence-electron chi connectivity index (χ4n) is 2.28. The lowest BCUT2D eigenvalue weighted by atomic mass is 10.1. The van der Waals surface area contributed by atoms with Gasteiger partial charge in [-0.3, -0.25) is 9.59 Å². The fourth-order valence-corrected chi connectivity index (χ4v) is 5.73. The van der Waals surface area contributed by atoms with Crippen molar-refractivity contribution < 1.29 is 19.1 Å². The largest absolute Gasteiger partial charge is 0.469 e. The van der Waals surface area contributed by atoms with E-state index in [2.05, 4.69) is 23.3 Å². The highest BCUT2D eigenvalue weighted by atomic mass is 33.1. The molecule has 24 heavy (non-hydrogen) atoms. The van der Waals surface area contributed by atoms with E-state index in [1.54, 1.807) is 0 Å². The summed E-state index contributed by atoms with van der Waals surface area (Å²) >= 11 is 0. The molecule has 0 fully saturated rings. The SMILES string of the molecule is CCC(CCCCC(=O)OC)SSC(CC)CCCCC(=O)OC. The van der Waals surface area contributed by atoms with E-state index < -0.39 is 0 Å². The molecule has 0 saturated heterocycles. The van der Waals surface area contributed by atoms with E-state index in [-0.39, 0.29) is 11.9 Å². The summed E-state index contributed by atoms with van der Waals surface area (Å²) in [7, 11) is 6.88. The van der Waals surface area contributed by atoms with Crippen LogP contribution in [0.5, 0.6) is 0 Å². The van der Waals surface area contributed by atoms with Crippen molar-refractivity contribution in [3.05, 3.63) is 0 Å². The third-order valence-corrected chi connectivity index (χ3v) is 7.77. The van der Waals surface area contributed by atoms with E-state index in [4.69, 9.17) is 0 Å². The molecule has 0 bridgehead atoms. The van der Waals surface area contributed by atoms with Gasteiger partial charge in [0, 0.05) is 23.3 Å². The Balaban J connectivity index is 3.84. The molecule has 0 aliphatic carbocycles. The summed E-state index contributed by atoms with van der Waals surface area (Å²) in [6.07, 6.45) is 9.69. The zero-order valence-corrected chi connectivity index (χ0v) is 17.3. The van der Waals surface area contributed by atoms with Crippen molar-refractivity contribution >= 4 is 33.5 Å². The predicted octanol–water partition coefficient (Wildman–Crippen LogP) is 5.39. The monoisotopic (exact) mass is 378 g/mol. The van der Waals surface area contributed by atoms with Crippen LogP contribution < -0.4 is 0 Å². The lowest BCUT2D eigenvalue weighted by molar-refractivity contribution is -0.141. The minimum Gasteiger partial charge on any atom is -0.469 e. The molecule has 0 aliphatic heterocycles. The van der Waals surface area contributed by atoms with E-state index in [1.807, 2.05) is 21.6 Å². The lowest BCUT2D eigenvalue weighted by Gasteiger charge is -2.18. The fraction of sp³-hybridized carbons (Fsp3) is 0.889. The second kappa shape index (κ2) is 16.1. The second-order valence-corrected chi connectivity index (χ2v) is 8.77. The van der Waals surface area contributed by atoms with Gasteiger partial charge >= 0.3 is 11.9 Å². The molecule has 0 N–H and O–H groups in total. The molecule has 4 nitrogen and oxygen atoms in total. The van der Waals surface area contributed by atoms with Crippen LogP contribution in [0, 0.1) is 0 Å². The number of hydrogen-bond donors (Lipinski definition) is 0. The van der Waals surface area contributed by atoms with Gasteiger partial charge in [-0.05, 0) is 38.5 Å². The molecule has 2 unspecified atom stereocenters. The summed E-state index contributed by atoms with van der Waals surface area (Å²) in [5.41, 5.74) is 0. The van der Waals surface area contributed by atoms with E-state index in [1.165, 1.54) is 14.2 Å². The van der Waals surface area contributed by atoms with Gasteiger partial charge < -0.3 is 9.47 Å². The maximum absolute atomic E-state index is 11.1. The Kier molecular flexibility index (Phi) is 15.9. The van der Waals surface area contributed by atoms with Crippen molar-refractivity contribution in [2.45, 2.75) is 88.6 Å². The first-order chi connectivity index (χ1) is 11.6. The number of esters is 2. The number of methoxy groups -OCH3 is 2. The van der Waals surface area contributed by atoms with Crippen LogP contribution in [-0.2, 0) is 19.1 Å². The number of unbranched alkanes of at least 4 members (excludes halogenated alkanes) is 2. The quantitative estimate of drug-likeness (QED) is 0.216. The van der Waals surface area contributed by atoms with E-state index in [0.29, 0.717) is 23.3 Å². The summed E-state index contributed by atoms with van der Waals surface area (Å²) in [6, 6.07) is 0. The third-order valence-electron chi connectivity index (χ3n) is 4.01. The highest BCUT2D eigenvalue weighted by Gasteiger charge is 2.13. The van der Waals surface area contributed by atoms with Gasteiger partial charge in [0.1, 0.15) is 0 Å². The Labute approximate surface area is 155 Å². The predicted molar refractivity (Wildman–Crippen MR) is 104 cm³/mol. The molecule has 0 radical (unpaired) electrons. The summed E-state index contributed by atoms with van der Waals surface area (Å²) in [4.78, 5) is 22.2. The smallest absolute Gasteiger partial charge is 0.305 e. The number of carbonyl (C=O) groups is 2. The zero-order valence-electron chi connectivity index (χ0n) is 15.7. The topological polar surface area (TPSA) is 52.6 Å². The van der Waals surface area contributed by atoms with Crippen LogP contribution in [0.4, 0.5) is 0 Å². The standard InChI is InChI=1S/C18H34O4S2/c1-5-15(11-7-9-13-17(19)21-3)23-24-16(6-2)12-8-10-14-18(20)22-4/h15-16H,5-14H2,1-4H3. The molecule has 142 valence electrons. The van der Waals surface area contributed by atoms with Gasteiger partial charge in [0.05, 0.1) is 14.2 Å². The zero-order chi connectivity index (χ0) is 18.2. The molecule has 0 aromatic heterocycles. The van der Waals surface area contributed by atoms with Crippen molar-refractivity contribution in [2.75, 3.05) is 14.2 Å². The molecule has 0 rings (SSSR count). The first-order valence-electron chi connectivity index (χ1n) is 9.03. The number of rotatable bonds is 15. The van der Waals surface area contributed by atoms with Crippen LogP contribution in [0.15, 0.2) is 0 Å². The van der Waals surface area contributed by atoms with Gasteiger partial charge in [0.15, 0.2) is 0 Å². The maximum Gasteiger partial charge on any atom is 0.305 e. The van der Waals surface area contributed by atoms with Gasteiger partial charge in [-0.1, -0.05) is 48.3 Å². The Morgan fingerprint density at radius 2 is 1.12 bits per heavy atom. The number of carbonyl (C=O) groups excluding carboxylic acids is 2. The van der Waals surface area contributed by atoms with E-state index in [0.717, 1.165) is 51.4 Å². The molecule has 0 aromatic rings.